The van der Waals surface area contributed by atoms with Crippen molar-refractivity contribution in [3.63, 3.8) is 0 Å². The average molecular weight is 276 g/mol. The molecule has 0 amide bonds. The van der Waals surface area contributed by atoms with E-state index in [9.17, 15) is 13.2 Å². The van der Waals surface area contributed by atoms with E-state index in [-0.39, 0.29) is 17.4 Å². The van der Waals surface area contributed by atoms with Gasteiger partial charge in [-0.2, -0.15) is 0 Å². The van der Waals surface area contributed by atoms with E-state index in [1.165, 1.54) is 12.3 Å². The van der Waals surface area contributed by atoms with Gasteiger partial charge >= 0.3 is 0 Å². The van der Waals surface area contributed by atoms with E-state index in [0.29, 0.717) is 0 Å². The maximum absolute atomic E-state index is 14.1. The number of rotatable bonds is 3. The summed E-state index contributed by atoms with van der Waals surface area (Å²) in [6, 6.07) is 10.4. The van der Waals surface area contributed by atoms with Crippen molar-refractivity contribution < 1.29 is 13.2 Å². The normalized spacial score (nSPS) is 10.9. The molecule has 2 aromatic carbocycles. The monoisotopic (exact) mass is 276 g/mol. The summed E-state index contributed by atoms with van der Waals surface area (Å²) in [6.07, 6.45) is 1.37. The molecule has 0 unspecified atom stereocenters. The third-order valence-corrected chi connectivity index (χ3v) is 3.15. The summed E-state index contributed by atoms with van der Waals surface area (Å²) in [5.41, 5.74) is 0.346. The molecule has 0 saturated carbocycles. The van der Waals surface area contributed by atoms with Gasteiger partial charge in [0.1, 0.15) is 5.69 Å². The van der Waals surface area contributed by atoms with Crippen LogP contribution in [-0.4, -0.2) is 4.98 Å². The zero-order valence-electron chi connectivity index (χ0n) is 10.4. The number of benzene rings is 2. The first-order chi connectivity index (χ1) is 9.68. The van der Waals surface area contributed by atoms with Crippen molar-refractivity contribution in [2.75, 3.05) is 5.32 Å². The Labute approximate surface area is 113 Å². The lowest BCUT2D eigenvalue weighted by atomic mass is 10.1. The highest BCUT2D eigenvalue weighted by molar-refractivity contribution is 5.84. The first kappa shape index (κ1) is 12.6. The Morgan fingerprint density at radius 3 is 2.40 bits per heavy atom. The van der Waals surface area contributed by atoms with E-state index in [0.717, 1.165) is 5.56 Å². The lowest BCUT2D eigenvalue weighted by molar-refractivity contribution is 0.509. The van der Waals surface area contributed by atoms with Crippen LogP contribution >= 0.6 is 0 Å². The Hall–Kier alpha value is -2.43. The van der Waals surface area contributed by atoms with E-state index in [2.05, 4.69) is 10.3 Å². The summed E-state index contributed by atoms with van der Waals surface area (Å²) >= 11 is 0. The molecule has 0 aliphatic rings. The first-order valence-corrected chi connectivity index (χ1v) is 6.10. The van der Waals surface area contributed by atoms with Crippen molar-refractivity contribution in [1.29, 1.82) is 0 Å². The minimum absolute atomic E-state index is 0.0422. The Balaban J connectivity index is 1.99. The van der Waals surface area contributed by atoms with E-state index < -0.39 is 23.1 Å². The second kappa shape index (κ2) is 4.92. The summed E-state index contributed by atoms with van der Waals surface area (Å²) in [6.45, 7) is 0.209. The van der Waals surface area contributed by atoms with Crippen LogP contribution in [0.1, 0.15) is 5.56 Å². The summed E-state index contributed by atoms with van der Waals surface area (Å²) in [5.74, 6) is -3.08. The Morgan fingerprint density at radius 2 is 1.65 bits per heavy atom. The van der Waals surface area contributed by atoms with Crippen LogP contribution in [0.15, 0.2) is 42.6 Å². The molecule has 20 heavy (non-hydrogen) atoms. The predicted molar refractivity (Wildman–Crippen MR) is 71.9 cm³/mol. The average Bonchev–Trinajstić information content (AvgIpc) is 2.96. The Bertz CT molecular complexity index is 751. The highest BCUT2D eigenvalue weighted by Gasteiger charge is 2.20. The Kier molecular flexibility index (Phi) is 3.10. The molecule has 2 nitrogen and oxygen atoms in total. The molecule has 3 aromatic rings. The molecular weight excluding hydrogens is 265 g/mol. The summed E-state index contributed by atoms with van der Waals surface area (Å²) in [7, 11) is 0. The number of anilines is 1. The third kappa shape index (κ3) is 2.01. The van der Waals surface area contributed by atoms with Gasteiger partial charge in [-0.25, -0.2) is 13.2 Å². The van der Waals surface area contributed by atoms with Gasteiger partial charge < -0.3 is 10.3 Å². The van der Waals surface area contributed by atoms with Crippen molar-refractivity contribution in [2.45, 2.75) is 6.54 Å². The fourth-order valence-corrected chi connectivity index (χ4v) is 2.12. The van der Waals surface area contributed by atoms with E-state index >= 15 is 0 Å². The van der Waals surface area contributed by atoms with Crippen LogP contribution in [0.25, 0.3) is 10.9 Å². The number of hydrogen-bond donors (Lipinski definition) is 2. The Morgan fingerprint density at radius 1 is 0.900 bits per heavy atom. The second-order valence-electron chi connectivity index (χ2n) is 4.42. The first-order valence-electron chi connectivity index (χ1n) is 6.10. The van der Waals surface area contributed by atoms with Gasteiger partial charge in [0, 0.05) is 18.1 Å². The summed E-state index contributed by atoms with van der Waals surface area (Å²) in [4.78, 5) is 2.57. The highest BCUT2D eigenvalue weighted by atomic mass is 19.2. The van der Waals surface area contributed by atoms with Gasteiger partial charge in [0.05, 0.1) is 5.52 Å². The quantitative estimate of drug-likeness (QED) is 0.689. The van der Waals surface area contributed by atoms with Gasteiger partial charge in [-0.15, -0.1) is 0 Å². The zero-order valence-corrected chi connectivity index (χ0v) is 10.4. The topological polar surface area (TPSA) is 27.8 Å². The van der Waals surface area contributed by atoms with Crippen LogP contribution in [0.2, 0.25) is 0 Å². The summed E-state index contributed by atoms with van der Waals surface area (Å²) < 4.78 is 41.8. The molecule has 3 rings (SSSR count). The van der Waals surface area contributed by atoms with Gasteiger partial charge in [-0.3, -0.25) is 0 Å². The van der Waals surface area contributed by atoms with Gasteiger partial charge in [0.2, 0.25) is 0 Å². The second-order valence-corrected chi connectivity index (χ2v) is 4.42. The number of halogens is 3. The molecule has 0 bridgehead atoms. The molecule has 0 aliphatic heterocycles. The minimum Gasteiger partial charge on any atom is -0.376 e. The molecule has 1 heterocycles. The van der Waals surface area contributed by atoms with Gasteiger partial charge in [-0.1, -0.05) is 30.3 Å². The molecule has 0 atom stereocenters. The minimum atomic E-state index is -1.20. The molecular formula is C15H11F3N2. The SMILES string of the molecule is Fc1c(NCc2ccccc2)c(F)c2[nH]ccc2c1F. The maximum atomic E-state index is 14.1. The molecule has 102 valence electrons. The smallest absolute Gasteiger partial charge is 0.185 e. The number of aromatic nitrogens is 1. The van der Waals surface area contributed by atoms with E-state index in [1.807, 2.05) is 30.3 Å². The molecule has 0 radical (unpaired) electrons. The van der Waals surface area contributed by atoms with Crippen molar-refractivity contribution in [3.8, 4) is 0 Å². The van der Waals surface area contributed by atoms with Crippen molar-refractivity contribution >= 4 is 16.6 Å². The zero-order chi connectivity index (χ0) is 14.1. The molecule has 2 N–H and O–H groups in total. The van der Waals surface area contributed by atoms with Crippen LogP contribution in [0.4, 0.5) is 18.9 Å². The number of aromatic amines is 1. The molecule has 0 fully saturated rings. The molecule has 0 saturated heterocycles. The molecule has 0 aliphatic carbocycles. The van der Waals surface area contributed by atoms with Gasteiger partial charge in [0.25, 0.3) is 0 Å². The fraction of sp³-hybridized carbons (Fsp3) is 0.0667. The van der Waals surface area contributed by atoms with Crippen molar-refractivity contribution in [2.24, 2.45) is 0 Å². The van der Waals surface area contributed by atoms with Crippen molar-refractivity contribution in [3.05, 3.63) is 65.6 Å². The third-order valence-electron chi connectivity index (χ3n) is 3.15. The standard InChI is InChI=1S/C15H11F3N2/c16-11-10-6-7-19-14(10)13(18)15(12(11)17)20-8-9-4-2-1-3-5-9/h1-7,19-20H,8H2. The summed E-state index contributed by atoms with van der Waals surface area (Å²) in [5, 5.41) is 2.52. The van der Waals surface area contributed by atoms with Crippen LogP contribution in [0.3, 0.4) is 0 Å². The lowest BCUT2D eigenvalue weighted by Gasteiger charge is -2.10. The molecule has 5 heteroatoms. The van der Waals surface area contributed by atoms with Crippen molar-refractivity contribution in [1.82, 2.24) is 4.98 Å². The van der Waals surface area contributed by atoms with Crippen LogP contribution in [-0.2, 0) is 6.54 Å². The number of hydrogen-bond acceptors (Lipinski definition) is 1. The van der Waals surface area contributed by atoms with Crippen LogP contribution in [0.5, 0.6) is 0 Å². The van der Waals surface area contributed by atoms with E-state index in [4.69, 9.17) is 0 Å². The van der Waals surface area contributed by atoms with Gasteiger partial charge in [-0.05, 0) is 11.6 Å². The lowest BCUT2D eigenvalue weighted by Crippen LogP contribution is -2.06. The fourth-order valence-electron chi connectivity index (χ4n) is 2.12. The number of fused-ring (bicyclic) bond motifs is 1. The van der Waals surface area contributed by atoms with E-state index in [1.54, 1.807) is 0 Å². The maximum Gasteiger partial charge on any atom is 0.185 e. The number of H-pyrrole nitrogens is 1. The molecule has 1 aromatic heterocycles. The largest absolute Gasteiger partial charge is 0.376 e. The number of nitrogens with one attached hydrogen (secondary N) is 2. The predicted octanol–water partition coefficient (Wildman–Crippen LogP) is 4.20. The van der Waals surface area contributed by atoms with Crippen LogP contribution in [0, 0.1) is 17.5 Å². The van der Waals surface area contributed by atoms with Crippen LogP contribution < -0.4 is 5.32 Å². The highest BCUT2D eigenvalue weighted by Crippen LogP contribution is 2.30. The molecule has 0 spiro atoms. The van der Waals surface area contributed by atoms with Gasteiger partial charge in [0.15, 0.2) is 17.5 Å².